The van der Waals surface area contributed by atoms with E-state index in [0.29, 0.717) is 31.7 Å². The van der Waals surface area contributed by atoms with Gasteiger partial charge in [0.15, 0.2) is 0 Å². The monoisotopic (exact) mass is 352 g/mol. The normalized spacial score (nSPS) is 17.1. The lowest BCUT2D eigenvalue weighted by atomic mass is 10.0. The van der Waals surface area contributed by atoms with Crippen molar-refractivity contribution in [1.29, 1.82) is 0 Å². The van der Waals surface area contributed by atoms with Gasteiger partial charge < -0.3 is 14.4 Å². The third-order valence-corrected chi connectivity index (χ3v) is 3.94. The number of ether oxygens (including phenoxy) is 2. The van der Waals surface area contributed by atoms with Gasteiger partial charge in [0.1, 0.15) is 17.5 Å². The molecular weight excluding hydrogens is 327 g/mol. The summed E-state index contributed by atoms with van der Waals surface area (Å²) in [5, 5.41) is 0. The Balaban J connectivity index is 2.06. The molecule has 0 aromatic heterocycles. The zero-order valence-corrected chi connectivity index (χ0v) is 15.1. The van der Waals surface area contributed by atoms with E-state index >= 15 is 0 Å². The second-order valence-corrected chi connectivity index (χ2v) is 6.98. The number of methoxy groups -OCH3 is 1. The summed E-state index contributed by atoms with van der Waals surface area (Å²) in [5.41, 5.74) is 0.121. The second kappa shape index (κ2) is 7.82. The third kappa shape index (κ3) is 5.16. The van der Waals surface area contributed by atoms with Crippen molar-refractivity contribution in [2.45, 2.75) is 32.4 Å². The second-order valence-electron chi connectivity index (χ2n) is 6.98. The first-order chi connectivity index (χ1) is 11.7. The number of amides is 1. The minimum absolute atomic E-state index is 0.358. The van der Waals surface area contributed by atoms with Crippen LogP contribution in [0.1, 0.15) is 32.4 Å². The van der Waals surface area contributed by atoms with Gasteiger partial charge in [0.25, 0.3) is 0 Å². The van der Waals surface area contributed by atoms with E-state index in [0.717, 1.165) is 0 Å². The molecule has 0 radical (unpaired) electrons. The molecule has 0 spiro atoms. The molecule has 1 heterocycles. The van der Waals surface area contributed by atoms with Gasteiger partial charge in [0.05, 0.1) is 7.11 Å². The van der Waals surface area contributed by atoms with Gasteiger partial charge in [-0.15, -0.1) is 0 Å². The molecule has 25 heavy (non-hydrogen) atoms. The molecule has 1 saturated heterocycles. The number of carbonyl (C=O) groups is 2. The Morgan fingerprint density at radius 1 is 1.08 bits per heavy atom. The first-order valence-electron chi connectivity index (χ1n) is 8.26. The van der Waals surface area contributed by atoms with Gasteiger partial charge in [0, 0.05) is 26.2 Å². The molecule has 1 aliphatic heterocycles. The van der Waals surface area contributed by atoms with Crippen LogP contribution in [0.4, 0.5) is 9.18 Å². The predicted molar refractivity (Wildman–Crippen MR) is 90.5 cm³/mol. The SMILES string of the molecule is COC(=O)C(c1ccc(F)cc1)N1CCN(C(=O)OC(C)(C)C)CC1. The number of piperazine rings is 1. The van der Waals surface area contributed by atoms with Crippen molar-refractivity contribution in [3.05, 3.63) is 35.6 Å². The molecule has 6 nitrogen and oxygen atoms in total. The Kier molecular flexibility index (Phi) is 6.00. The number of benzene rings is 1. The van der Waals surface area contributed by atoms with E-state index in [1.165, 1.54) is 19.2 Å². The maximum absolute atomic E-state index is 13.2. The fraction of sp³-hybridized carbons (Fsp3) is 0.556. The van der Waals surface area contributed by atoms with Crippen LogP contribution in [0, 0.1) is 5.82 Å². The quantitative estimate of drug-likeness (QED) is 0.783. The highest BCUT2D eigenvalue weighted by molar-refractivity contribution is 5.77. The Bertz CT molecular complexity index is 604. The minimum Gasteiger partial charge on any atom is -0.468 e. The minimum atomic E-state index is -0.619. The van der Waals surface area contributed by atoms with Crippen LogP contribution in [0.5, 0.6) is 0 Å². The van der Waals surface area contributed by atoms with Crippen LogP contribution in [0.3, 0.4) is 0 Å². The van der Waals surface area contributed by atoms with Crippen LogP contribution in [0.15, 0.2) is 24.3 Å². The standard InChI is InChI=1S/C18H25FN2O4/c1-18(2,3)25-17(23)21-11-9-20(10-12-21)15(16(22)24-4)13-5-7-14(19)8-6-13/h5-8,15H,9-12H2,1-4H3. The van der Waals surface area contributed by atoms with E-state index in [2.05, 4.69) is 0 Å². The van der Waals surface area contributed by atoms with Crippen LogP contribution in [0.25, 0.3) is 0 Å². The number of halogens is 1. The van der Waals surface area contributed by atoms with Gasteiger partial charge in [-0.25, -0.2) is 14.0 Å². The lowest BCUT2D eigenvalue weighted by Gasteiger charge is -2.38. The van der Waals surface area contributed by atoms with Gasteiger partial charge in [0.2, 0.25) is 0 Å². The fourth-order valence-electron chi connectivity index (χ4n) is 2.74. The van der Waals surface area contributed by atoms with E-state index < -0.39 is 17.6 Å². The van der Waals surface area contributed by atoms with Gasteiger partial charge in [-0.3, -0.25) is 4.90 Å². The topological polar surface area (TPSA) is 59.1 Å². The van der Waals surface area contributed by atoms with Gasteiger partial charge in [-0.05, 0) is 38.5 Å². The fourth-order valence-corrected chi connectivity index (χ4v) is 2.74. The molecule has 0 bridgehead atoms. The summed E-state index contributed by atoms with van der Waals surface area (Å²) in [7, 11) is 1.33. The number of carbonyl (C=O) groups excluding carboxylic acids is 2. The van der Waals surface area contributed by atoms with Crippen molar-refractivity contribution < 1.29 is 23.5 Å². The summed E-state index contributed by atoms with van der Waals surface area (Å²) >= 11 is 0. The highest BCUT2D eigenvalue weighted by atomic mass is 19.1. The molecule has 2 rings (SSSR count). The Labute approximate surface area is 147 Å². The van der Waals surface area contributed by atoms with Crippen molar-refractivity contribution in [2.75, 3.05) is 33.3 Å². The van der Waals surface area contributed by atoms with Crippen molar-refractivity contribution in [3.8, 4) is 0 Å². The number of rotatable bonds is 3. The molecular formula is C18H25FN2O4. The third-order valence-electron chi connectivity index (χ3n) is 3.94. The summed E-state index contributed by atoms with van der Waals surface area (Å²) in [6.45, 7) is 7.36. The summed E-state index contributed by atoms with van der Waals surface area (Å²) in [5.74, 6) is -0.764. The molecule has 0 aliphatic carbocycles. The molecule has 7 heteroatoms. The van der Waals surface area contributed by atoms with Crippen molar-refractivity contribution in [1.82, 2.24) is 9.80 Å². The molecule has 1 aromatic rings. The zero-order valence-electron chi connectivity index (χ0n) is 15.1. The number of nitrogens with zero attached hydrogens (tertiary/aromatic N) is 2. The van der Waals surface area contributed by atoms with E-state index in [1.807, 2.05) is 25.7 Å². The Hall–Kier alpha value is -2.15. The van der Waals surface area contributed by atoms with Crippen LogP contribution < -0.4 is 0 Å². The van der Waals surface area contributed by atoms with Gasteiger partial charge in [-0.1, -0.05) is 12.1 Å². The molecule has 1 fully saturated rings. The first-order valence-corrected chi connectivity index (χ1v) is 8.26. The summed E-state index contributed by atoms with van der Waals surface area (Å²) in [6.07, 6.45) is -0.358. The van der Waals surface area contributed by atoms with E-state index in [4.69, 9.17) is 9.47 Å². The van der Waals surface area contributed by atoms with Gasteiger partial charge >= 0.3 is 12.1 Å². The predicted octanol–water partition coefficient (Wildman–Crippen LogP) is 2.59. The average Bonchev–Trinajstić information content (AvgIpc) is 2.55. The molecule has 0 N–H and O–H groups in total. The summed E-state index contributed by atoms with van der Waals surface area (Å²) in [6, 6.07) is 5.19. The maximum atomic E-state index is 13.2. The number of hydrogen-bond acceptors (Lipinski definition) is 5. The van der Waals surface area contributed by atoms with E-state index in [1.54, 1.807) is 17.0 Å². The lowest BCUT2D eigenvalue weighted by Crippen LogP contribution is -2.52. The Morgan fingerprint density at radius 2 is 1.64 bits per heavy atom. The molecule has 1 unspecified atom stereocenters. The molecule has 1 aromatic carbocycles. The average molecular weight is 352 g/mol. The highest BCUT2D eigenvalue weighted by Crippen LogP contribution is 2.24. The number of esters is 1. The Morgan fingerprint density at radius 3 is 2.12 bits per heavy atom. The smallest absolute Gasteiger partial charge is 0.410 e. The molecule has 1 aliphatic rings. The first kappa shape index (κ1) is 19.2. The van der Waals surface area contributed by atoms with Crippen LogP contribution in [-0.4, -0.2) is 60.8 Å². The van der Waals surface area contributed by atoms with Crippen molar-refractivity contribution in [3.63, 3.8) is 0 Å². The molecule has 1 atom stereocenters. The van der Waals surface area contributed by atoms with Gasteiger partial charge in [-0.2, -0.15) is 0 Å². The van der Waals surface area contributed by atoms with Crippen molar-refractivity contribution >= 4 is 12.1 Å². The van der Waals surface area contributed by atoms with E-state index in [9.17, 15) is 14.0 Å². The van der Waals surface area contributed by atoms with E-state index in [-0.39, 0.29) is 11.9 Å². The van der Waals surface area contributed by atoms with Crippen LogP contribution in [-0.2, 0) is 14.3 Å². The summed E-state index contributed by atoms with van der Waals surface area (Å²) in [4.78, 5) is 27.9. The molecule has 0 saturated carbocycles. The largest absolute Gasteiger partial charge is 0.468 e. The van der Waals surface area contributed by atoms with Crippen LogP contribution in [0.2, 0.25) is 0 Å². The maximum Gasteiger partial charge on any atom is 0.410 e. The van der Waals surface area contributed by atoms with Crippen molar-refractivity contribution in [2.24, 2.45) is 0 Å². The molecule has 138 valence electrons. The molecule has 1 amide bonds. The zero-order chi connectivity index (χ0) is 18.6. The summed E-state index contributed by atoms with van der Waals surface area (Å²) < 4.78 is 23.4. The lowest BCUT2D eigenvalue weighted by molar-refractivity contribution is -0.148. The van der Waals surface area contributed by atoms with Crippen LogP contribution >= 0.6 is 0 Å². The number of hydrogen-bond donors (Lipinski definition) is 0. The highest BCUT2D eigenvalue weighted by Gasteiger charge is 2.33.